The van der Waals surface area contributed by atoms with Gasteiger partial charge in [0.2, 0.25) is 10.0 Å². The number of unbranched alkanes of at least 4 members (excludes halogenated alkanes) is 1. The van der Waals surface area contributed by atoms with Crippen LogP contribution in [0.3, 0.4) is 0 Å². The summed E-state index contributed by atoms with van der Waals surface area (Å²) in [6.07, 6.45) is 4.16. The number of morpholine rings is 1. The predicted octanol–water partition coefficient (Wildman–Crippen LogP) is 1.71. The van der Waals surface area contributed by atoms with Gasteiger partial charge in [-0.1, -0.05) is 13.3 Å². The van der Waals surface area contributed by atoms with E-state index < -0.39 is 10.0 Å². The molecule has 9 heteroatoms. The second-order valence-electron chi connectivity index (χ2n) is 7.82. The molecule has 1 aromatic carbocycles. The maximum atomic E-state index is 13.0. The number of methoxy groups -OCH3 is 1. The lowest BCUT2D eigenvalue weighted by atomic mass is 10.0. The third-order valence-electron chi connectivity index (χ3n) is 5.77. The summed E-state index contributed by atoms with van der Waals surface area (Å²) in [5.41, 5.74) is 0.250. The van der Waals surface area contributed by atoms with Crippen LogP contribution in [-0.4, -0.2) is 82.6 Å². The van der Waals surface area contributed by atoms with Gasteiger partial charge < -0.3 is 19.7 Å². The van der Waals surface area contributed by atoms with Gasteiger partial charge in [0, 0.05) is 32.2 Å². The first-order valence-electron chi connectivity index (χ1n) is 10.7. The third-order valence-corrected chi connectivity index (χ3v) is 7.67. The Morgan fingerprint density at radius 2 is 1.90 bits per heavy atom. The maximum Gasteiger partial charge on any atom is 0.255 e. The molecule has 2 saturated heterocycles. The van der Waals surface area contributed by atoms with Crippen LogP contribution in [0, 0.1) is 0 Å². The molecule has 0 saturated carbocycles. The highest BCUT2D eigenvalue weighted by Crippen LogP contribution is 2.25. The number of carbonyl (C=O) groups is 1. The second kappa shape index (κ2) is 10.6. The first-order chi connectivity index (χ1) is 14.5. The Bertz CT molecular complexity index is 816. The molecule has 1 amide bonds. The van der Waals surface area contributed by atoms with E-state index in [2.05, 4.69) is 17.1 Å². The van der Waals surface area contributed by atoms with Gasteiger partial charge >= 0.3 is 0 Å². The van der Waals surface area contributed by atoms with E-state index in [4.69, 9.17) is 9.47 Å². The number of ether oxygens (including phenoxy) is 2. The standard InChI is InChI=1S/C21H33N3O5S/c1-3-4-9-23-10-7-17(8-11-23)22-21(25)19-16-18(5-6-20(19)28-2)30(26,27)24-12-14-29-15-13-24/h5-6,16-17H,3-4,7-15H2,1-2H3,(H,22,25). The summed E-state index contributed by atoms with van der Waals surface area (Å²) in [7, 11) is -2.20. The Morgan fingerprint density at radius 1 is 1.20 bits per heavy atom. The highest BCUT2D eigenvalue weighted by Gasteiger charge is 2.29. The van der Waals surface area contributed by atoms with Crippen molar-refractivity contribution in [2.24, 2.45) is 0 Å². The number of nitrogens with one attached hydrogen (secondary N) is 1. The van der Waals surface area contributed by atoms with Crippen molar-refractivity contribution in [2.45, 2.75) is 43.5 Å². The molecule has 30 heavy (non-hydrogen) atoms. The fraction of sp³-hybridized carbons (Fsp3) is 0.667. The van der Waals surface area contributed by atoms with Crippen molar-refractivity contribution in [3.05, 3.63) is 23.8 Å². The van der Waals surface area contributed by atoms with Gasteiger partial charge in [0.15, 0.2) is 0 Å². The zero-order valence-corrected chi connectivity index (χ0v) is 18.7. The number of carbonyl (C=O) groups excluding carboxylic acids is 1. The van der Waals surface area contributed by atoms with E-state index in [1.165, 1.54) is 36.4 Å². The molecule has 0 aliphatic carbocycles. The smallest absolute Gasteiger partial charge is 0.255 e. The molecule has 0 bridgehead atoms. The third kappa shape index (κ3) is 5.51. The quantitative estimate of drug-likeness (QED) is 0.664. The fourth-order valence-electron chi connectivity index (χ4n) is 3.91. The van der Waals surface area contributed by atoms with E-state index in [1.807, 2.05) is 0 Å². The zero-order chi connectivity index (χ0) is 21.6. The second-order valence-corrected chi connectivity index (χ2v) is 9.76. The van der Waals surface area contributed by atoms with Crippen molar-refractivity contribution >= 4 is 15.9 Å². The van der Waals surface area contributed by atoms with Crippen molar-refractivity contribution in [3.63, 3.8) is 0 Å². The molecule has 1 N–H and O–H groups in total. The average Bonchev–Trinajstić information content (AvgIpc) is 2.78. The summed E-state index contributed by atoms with van der Waals surface area (Å²) < 4.78 is 37.9. The number of benzene rings is 1. The van der Waals surface area contributed by atoms with Crippen molar-refractivity contribution in [3.8, 4) is 5.75 Å². The van der Waals surface area contributed by atoms with Gasteiger partial charge in [0.25, 0.3) is 5.91 Å². The Labute approximate surface area is 179 Å². The van der Waals surface area contributed by atoms with Crippen molar-refractivity contribution < 1.29 is 22.7 Å². The van der Waals surface area contributed by atoms with E-state index in [9.17, 15) is 13.2 Å². The number of likely N-dealkylation sites (tertiary alicyclic amines) is 1. The molecular formula is C21H33N3O5S. The minimum Gasteiger partial charge on any atom is -0.496 e. The Kier molecular flexibility index (Phi) is 8.10. The number of rotatable bonds is 8. The van der Waals surface area contributed by atoms with Crippen LogP contribution in [0.25, 0.3) is 0 Å². The lowest BCUT2D eigenvalue weighted by Crippen LogP contribution is -2.45. The fourth-order valence-corrected chi connectivity index (χ4v) is 5.34. The average molecular weight is 440 g/mol. The number of piperidine rings is 1. The van der Waals surface area contributed by atoms with Gasteiger partial charge in [-0.3, -0.25) is 4.79 Å². The van der Waals surface area contributed by atoms with Crippen LogP contribution in [0.2, 0.25) is 0 Å². The molecule has 1 aromatic rings. The minimum atomic E-state index is -3.68. The van der Waals surface area contributed by atoms with Crippen LogP contribution in [0.5, 0.6) is 5.75 Å². The van der Waals surface area contributed by atoms with Gasteiger partial charge in [-0.2, -0.15) is 4.31 Å². The number of hydrogen-bond donors (Lipinski definition) is 1. The van der Waals surface area contributed by atoms with Crippen LogP contribution >= 0.6 is 0 Å². The van der Waals surface area contributed by atoms with E-state index in [1.54, 1.807) is 6.07 Å². The van der Waals surface area contributed by atoms with Gasteiger partial charge in [-0.15, -0.1) is 0 Å². The van der Waals surface area contributed by atoms with E-state index >= 15 is 0 Å². The summed E-state index contributed by atoms with van der Waals surface area (Å²) >= 11 is 0. The molecule has 0 spiro atoms. The highest BCUT2D eigenvalue weighted by molar-refractivity contribution is 7.89. The van der Waals surface area contributed by atoms with Crippen molar-refractivity contribution in [2.75, 3.05) is 53.0 Å². The molecule has 2 aliphatic rings. The molecule has 168 valence electrons. The Hall–Kier alpha value is -1.68. The monoisotopic (exact) mass is 439 g/mol. The zero-order valence-electron chi connectivity index (χ0n) is 17.9. The van der Waals surface area contributed by atoms with E-state index in [-0.39, 0.29) is 22.4 Å². The molecular weight excluding hydrogens is 406 g/mol. The van der Waals surface area contributed by atoms with Gasteiger partial charge in [-0.05, 0) is 44.0 Å². The molecule has 0 radical (unpaired) electrons. The molecule has 2 heterocycles. The largest absolute Gasteiger partial charge is 0.496 e. The van der Waals surface area contributed by atoms with E-state index in [0.29, 0.717) is 32.1 Å². The number of hydrogen-bond acceptors (Lipinski definition) is 6. The van der Waals surface area contributed by atoms with Crippen LogP contribution in [0.1, 0.15) is 43.0 Å². The molecule has 8 nitrogen and oxygen atoms in total. The lowest BCUT2D eigenvalue weighted by molar-refractivity contribution is 0.0730. The van der Waals surface area contributed by atoms with Crippen LogP contribution in [0.15, 0.2) is 23.1 Å². The summed E-state index contributed by atoms with van der Waals surface area (Å²) in [5.74, 6) is 0.0756. The summed E-state index contributed by atoms with van der Waals surface area (Å²) in [5, 5.41) is 3.07. The summed E-state index contributed by atoms with van der Waals surface area (Å²) in [6, 6.07) is 4.55. The number of sulfonamides is 1. The number of nitrogens with zero attached hydrogens (tertiary/aromatic N) is 2. The van der Waals surface area contributed by atoms with Crippen molar-refractivity contribution in [1.29, 1.82) is 0 Å². The molecule has 2 fully saturated rings. The minimum absolute atomic E-state index is 0.0830. The molecule has 2 aliphatic heterocycles. The van der Waals surface area contributed by atoms with Gasteiger partial charge in [0.05, 0.1) is 30.8 Å². The maximum absolute atomic E-state index is 13.0. The Balaban J connectivity index is 1.70. The van der Waals surface area contributed by atoms with Crippen molar-refractivity contribution in [1.82, 2.24) is 14.5 Å². The van der Waals surface area contributed by atoms with Crippen LogP contribution in [0.4, 0.5) is 0 Å². The Morgan fingerprint density at radius 3 is 2.53 bits per heavy atom. The molecule has 3 rings (SSSR count). The molecule has 0 atom stereocenters. The van der Waals surface area contributed by atoms with E-state index in [0.717, 1.165) is 32.5 Å². The normalized spacial score (nSPS) is 19.5. The lowest BCUT2D eigenvalue weighted by Gasteiger charge is -2.32. The highest BCUT2D eigenvalue weighted by atomic mass is 32.2. The molecule has 0 aromatic heterocycles. The first-order valence-corrected chi connectivity index (χ1v) is 12.2. The SMILES string of the molecule is CCCCN1CCC(NC(=O)c2cc(S(=O)(=O)N3CCOCC3)ccc2OC)CC1. The first kappa shape index (κ1) is 23.0. The summed E-state index contributed by atoms with van der Waals surface area (Å²) in [4.78, 5) is 15.5. The summed E-state index contributed by atoms with van der Waals surface area (Å²) in [6.45, 7) is 6.60. The van der Waals surface area contributed by atoms with Gasteiger partial charge in [-0.25, -0.2) is 8.42 Å². The van der Waals surface area contributed by atoms with Gasteiger partial charge in [0.1, 0.15) is 5.75 Å². The topological polar surface area (TPSA) is 88.2 Å². The predicted molar refractivity (Wildman–Crippen MR) is 114 cm³/mol. The van der Waals surface area contributed by atoms with Crippen LogP contribution < -0.4 is 10.1 Å². The number of amides is 1. The molecule has 0 unspecified atom stereocenters. The van der Waals surface area contributed by atoms with Crippen LogP contribution in [-0.2, 0) is 14.8 Å².